The Morgan fingerprint density at radius 3 is 2.55 bits per heavy atom. The zero-order valence-corrected chi connectivity index (χ0v) is 16.9. The van der Waals surface area contributed by atoms with E-state index >= 15 is 0 Å². The van der Waals surface area contributed by atoms with Crippen LogP contribution in [0.2, 0.25) is 0 Å². The predicted octanol–water partition coefficient (Wildman–Crippen LogP) is 3.44. The second-order valence-electron chi connectivity index (χ2n) is 7.33. The molecule has 1 saturated heterocycles. The molecular weight excluding hydrogens is 366 g/mol. The average molecular weight is 396 g/mol. The maximum absolute atomic E-state index is 12.5. The molecule has 1 heterocycles. The van der Waals surface area contributed by atoms with Crippen molar-refractivity contribution in [3.63, 3.8) is 0 Å². The first-order valence-corrected chi connectivity index (χ1v) is 10.2. The summed E-state index contributed by atoms with van der Waals surface area (Å²) in [4.78, 5) is 26.5. The van der Waals surface area contributed by atoms with Crippen LogP contribution >= 0.6 is 0 Å². The van der Waals surface area contributed by atoms with Crippen molar-refractivity contribution < 1.29 is 14.3 Å². The summed E-state index contributed by atoms with van der Waals surface area (Å²) >= 11 is 0. The minimum absolute atomic E-state index is 0.148. The van der Waals surface area contributed by atoms with Crippen molar-refractivity contribution in [2.75, 3.05) is 31.6 Å². The van der Waals surface area contributed by atoms with Gasteiger partial charge in [-0.05, 0) is 42.5 Å². The molecule has 1 atom stereocenters. The van der Waals surface area contributed by atoms with Crippen LogP contribution in [0, 0.1) is 5.92 Å². The van der Waals surface area contributed by atoms with E-state index in [1.54, 1.807) is 0 Å². The fourth-order valence-corrected chi connectivity index (χ4v) is 3.42. The number of nitrogens with zero attached hydrogens (tertiary/aromatic N) is 1. The second kappa shape index (κ2) is 10.6. The minimum Gasteiger partial charge on any atom is -0.377 e. The highest BCUT2D eigenvalue weighted by molar-refractivity contribution is 5.89. The third-order valence-electron chi connectivity index (χ3n) is 5.07. The molecule has 0 aliphatic carbocycles. The molecule has 2 N–H and O–H groups in total. The van der Waals surface area contributed by atoms with Crippen LogP contribution < -0.4 is 10.6 Å². The normalized spacial score (nSPS) is 15.9. The maximum Gasteiger partial charge on any atom is 0.319 e. The summed E-state index contributed by atoms with van der Waals surface area (Å²) in [5, 5.41) is 5.76. The van der Waals surface area contributed by atoms with Gasteiger partial charge in [-0.15, -0.1) is 0 Å². The Hall–Kier alpha value is -2.86. The van der Waals surface area contributed by atoms with E-state index < -0.39 is 0 Å². The van der Waals surface area contributed by atoms with E-state index in [0.717, 1.165) is 29.8 Å². The Balaban J connectivity index is 1.38. The van der Waals surface area contributed by atoms with E-state index in [0.29, 0.717) is 32.7 Å². The van der Waals surface area contributed by atoms with E-state index in [2.05, 4.69) is 10.6 Å². The lowest BCUT2D eigenvalue weighted by molar-refractivity contribution is -0.129. The average Bonchev–Trinajstić information content (AvgIpc) is 3.22. The van der Waals surface area contributed by atoms with Gasteiger partial charge in [0.2, 0.25) is 5.91 Å². The summed E-state index contributed by atoms with van der Waals surface area (Å²) in [6.45, 7) is 5.22. The summed E-state index contributed by atoms with van der Waals surface area (Å²) in [6, 6.07) is 17.2. The Labute approximate surface area is 172 Å². The van der Waals surface area contributed by atoms with Gasteiger partial charge in [0.1, 0.15) is 0 Å². The fourth-order valence-electron chi connectivity index (χ4n) is 3.42. The van der Waals surface area contributed by atoms with E-state index in [9.17, 15) is 9.59 Å². The molecule has 1 aliphatic rings. The van der Waals surface area contributed by atoms with Gasteiger partial charge >= 0.3 is 6.03 Å². The molecule has 1 fully saturated rings. The first-order valence-electron chi connectivity index (χ1n) is 10.2. The van der Waals surface area contributed by atoms with Gasteiger partial charge in [0.15, 0.2) is 0 Å². The van der Waals surface area contributed by atoms with Crippen molar-refractivity contribution in [1.82, 2.24) is 10.2 Å². The summed E-state index contributed by atoms with van der Waals surface area (Å²) < 4.78 is 5.37. The number of hydrogen-bond donors (Lipinski definition) is 2. The van der Waals surface area contributed by atoms with Crippen LogP contribution in [-0.4, -0.2) is 43.1 Å². The number of amides is 3. The zero-order chi connectivity index (χ0) is 20.5. The van der Waals surface area contributed by atoms with Gasteiger partial charge in [0.05, 0.1) is 13.0 Å². The number of likely N-dealkylation sites (tertiary alicyclic amines) is 1. The molecule has 1 unspecified atom stereocenters. The molecule has 0 aromatic heterocycles. The number of hydrogen-bond acceptors (Lipinski definition) is 3. The molecule has 1 aliphatic heterocycles. The number of urea groups is 1. The quantitative estimate of drug-likeness (QED) is 0.719. The number of anilines is 1. The van der Waals surface area contributed by atoms with Crippen LogP contribution in [0.5, 0.6) is 0 Å². The van der Waals surface area contributed by atoms with Gasteiger partial charge in [-0.25, -0.2) is 4.79 Å². The highest BCUT2D eigenvalue weighted by Crippen LogP contribution is 2.17. The van der Waals surface area contributed by atoms with Crippen molar-refractivity contribution in [2.24, 2.45) is 5.92 Å². The highest BCUT2D eigenvalue weighted by atomic mass is 16.5. The Morgan fingerprint density at radius 2 is 1.83 bits per heavy atom. The minimum atomic E-state index is -0.225. The maximum atomic E-state index is 12.5. The molecule has 6 nitrogen and oxygen atoms in total. The molecule has 0 radical (unpaired) electrons. The van der Waals surface area contributed by atoms with Crippen molar-refractivity contribution in [3.05, 3.63) is 65.7 Å². The van der Waals surface area contributed by atoms with Crippen molar-refractivity contribution >= 4 is 17.6 Å². The van der Waals surface area contributed by atoms with Gasteiger partial charge in [-0.3, -0.25) is 4.79 Å². The predicted molar refractivity (Wildman–Crippen MR) is 114 cm³/mol. The van der Waals surface area contributed by atoms with Crippen molar-refractivity contribution in [1.29, 1.82) is 0 Å². The molecular formula is C23H29N3O3. The van der Waals surface area contributed by atoms with E-state index in [1.807, 2.05) is 66.4 Å². The summed E-state index contributed by atoms with van der Waals surface area (Å²) in [5.41, 5.74) is 2.85. The Kier molecular flexibility index (Phi) is 7.64. The Morgan fingerprint density at radius 1 is 1.07 bits per heavy atom. The number of ether oxygens (including phenoxy) is 1. The number of nitrogens with one attached hydrogen (secondary N) is 2. The van der Waals surface area contributed by atoms with Crippen LogP contribution in [0.4, 0.5) is 10.5 Å². The van der Waals surface area contributed by atoms with Gasteiger partial charge in [-0.2, -0.15) is 0 Å². The molecule has 0 spiro atoms. The third-order valence-corrected chi connectivity index (χ3v) is 5.07. The monoisotopic (exact) mass is 395 g/mol. The molecule has 0 saturated carbocycles. The van der Waals surface area contributed by atoms with Gasteiger partial charge in [-0.1, -0.05) is 42.5 Å². The lowest BCUT2D eigenvalue weighted by atomic mass is 10.1. The van der Waals surface area contributed by atoms with Gasteiger partial charge in [0, 0.05) is 31.9 Å². The first-order chi connectivity index (χ1) is 14.1. The van der Waals surface area contributed by atoms with Gasteiger partial charge < -0.3 is 20.3 Å². The number of benzene rings is 2. The third kappa shape index (κ3) is 6.61. The molecule has 154 valence electrons. The Bertz CT molecular complexity index is 793. The van der Waals surface area contributed by atoms with Gasteiger partial charge in [0.25, 0.3) is 0 Å². The fraction of sp³-hybridized carbons (Fsp3) is 0.391. The topological polar surface area (TPSA) is 70.7 Å². The van der Waals surface area contributed by atoms with Crippen LogP contribution in [-0.2, 0) is 22.6 Å². The second-order valence-corrected chi connectivity index (χ2v) is 7.33. The van der Waals surface area contributed by atoms with Crippen LogP contribution in [0.1, 0.15) is 24.5 Å². The molecule has 3 amide bonds. The molecule has 0 bridgehead atoms. The van der Waals surface area contributed by atoms with Crippen LogP contribution in [0.15, 0.2) is 54.6 Å². The molecule has 2 aromatic rings. The smallest absolute Gasteiger partial charge is 0.319 e. The highest BCUT2D eigenvalue weighted by Gasteiger charge is 2.26. The first kappa shape index (κ1) is 20.9. The molecule has 3 rings (SSSR count). The lowest BCUT2D eigenvalue weighted by Crippen LogP contribution is -2.35. The summed E-state index contributed by atoms with van der Waals surface area (Å²) in [7, 11) is 0. The lowest BCUT2D eigenvalue weighted by Gasteiger charge is -2.17. The summed E-state index contributed by atoms with van der Waals surface area (Å²) in [5.74, 6) is 0.435. The van der Waals surface area contributed by atoms with Crippen LogP contribution in [0.3, 0.4) is 0 Å². The van der Waals surface area contributed by atoms with Crippen LogP contribution in [0.25, 0.3) is 0 Å². The van der Waals surface area contributed by atoms with Crippen molar-refractivity contribution in [2.45, 2.75) is 26.4 Å². The van der Waals surface area contributed by atoms with E-state index in [-0.39, 0.29) is 17.9 Å². The summed E-state index contributed by atoms with van der Waals surface area (Å²) in [6.07, 6.45) is 1.34. The standard InChI is InChI=1S/C23H29N3O3/c1-2-29-17-19-8-10-21(11-9-19)25-23(28)24-15-20-12-13-26(16-20)22(27)14-18-6-4-3-5-7-18/h3-11,20H,2,12-17H2,1H3,(H2,24,25,28). The SMILES string of the molecule is CCOCc1ccc(NC(=O)NCC2CCN(C(=O)Cc3ccccc3)C2)cc1. The van der Waals surface area contributed by atoms with E-state index in [4.69, 9.17) is 4.74 Å². The van der Waals surface area contributed by atoms with E-state index in [1.165, 1.54) is 0 Å². The van der Waals surface area contributed by atoms with Crippen molar-refractivity contribution in [3.8, 4) is 0 Å². The molecule has 29 heavy (non-hydrogen) atoms. The number of rotatable bonds is 8. The zero-order valence-electron chi connectivity index (χ0n) is 16.9. The number of carbonyl (C=O) groups excluding carboxylic acids is 2. The largest absolute Gasteiger partial charge is 0.377 e. The number of carbonyl (C=O) groups is 2. The molecule has 2 aromatic carbocycles. The molecule has 6 heteroatoms.